The molecule has 4 aliphatic rings. The molecule has 0 bridgehead atoms. The lowest BCUT2D eigenvalue weighted by Gasteiger charge is -2.59. The third-order valence-corrected chi connectivity index (χ3v) is 11.3. The van der Waals surface area contributed by atoms with E-state index >= 15 is 0 Å². The molecule has 4 nitrogen and oxygen atoms in total. The molecule has 0 heterocycles. The summed E-state index contributed by atoms with van der Waals surface area (Å²) in [6.07, 6.45) is 8.78. The van der Waals surface area contributed by atoms with Crippen molar-refractivity contribution in [1.29, 1.82) is 0 Å². The molecular weight excluding hydrogens is 412 g/mol. The summed E-state index contributed by atoms with van der Waals surface area (Å²) >= 11 is 0. The van der Waals surface area contributed by atoms with Crippen LogP contribution in [0.5, 0.6) is 0 Å². The summed E-state index contributed by atoms with van der Waals surface area (Å²) in [6.45, 7) is 13.4. The molecule has 11 atom stereocenters. The van der Waals surface area contributed by atoms with Gasteiger partial charge in [0.2, 0.25) is 0 Å². The Morgan fingerprint density at radius 2 is 1.79 bits per heavy atom. The van der Waals surface area contributed by atoms with Crippen molar-refractivity contribution in [2.45, 2.75) is 123 Å². The SMILES string of the molecule is CC[C@H](CC[C@](C)(O)[C@H]1[C@@H](O)C[C@H]2[C@@H]3[C@H](O)C=C4C[C@@H](O)CC[C@]4(C)[C@H]3CC[C@@]21C)C(C)C. The number of aliphatic hydroxyl groups is 4. The Kier molecular flexibility index (Phi) is 6.93. The first-order chi connectivity index (χ1) is 15.3. The Hall–Kier alpha value is -0.420. The smallest absolute Gasteiger partial charge is 0.0757 e. The van der Waals surface area contributed by atoms with Gasteiger partial charge in [-0.25, -0.2) is 0 Å². The molecule has 4 heteroatoms. The number of hydrogen-bond donors (Lipinski definition) is 4. The summed E-state index contributed by atoms with van der Waals surface area (Å²) in [7, 11) is 0. The second kappa shape index (κ2) is 8.91. The summed E-state index contributed by atoms with van der Waals surface area (Å²) in [5.74, 6) is 1.78. The molecule has 3 fully saturated rings. The second-order valence-corrected chi connectivity index (χ2v) is 13.4. The van der Waals surface area contributed by atoms with Crippen LogP contribution in [0.2, 0.25) is 0 Å². The predicted molar refractivity (Wildman–Crippen MR) is 132 cm³/mol. The van der Waals surface area contributed by atoms with Gasteiger partial charge in [0.25, 0.3) is 0 Å². The van der Waals surface area contributed by atoms with Gasteiger partial charge in [-0.15, -0.1) is 0 Å². The van der Waals surface area contributed by atoms with Crippen molar-refractivity contribution >= 4 is 0 Å². The quantitative estimate of drug-likeness (QED) is 0.415. The average molecular weight is 463 g/mol. The van der Waals surface area contributed by atoms with E-state index in [4.69, 9.17) is 0 Å². The number of fused-ring (bicyclic) bond motifs is 5. The van der Waals surface area contributed by atoms with Crippen LogP contribution >= 0.6 is 0 Å². The van der Waals surface area contributed by atoms with Crippen molar-refractivity contribution in [2.24, 2.45) is 46.3 Å². The van der Waals surface area contributed by atoms with Crippen LogP contribution in [0.1, 0.15) is 99.3 Å². The maximum atomic E-state index is 11.8. The molecule has 4 N–H and O–H groups in total. The first-order valence-electron chi connectivity index (χ1n) is 13.8. The number of rotatable bonds is 6. The van der Waals surface area contributed by atoms with Crippen molar-refractivity contribution in [1.82, 2.24) is 0 Å². The predicted octanol–water partition coefficient (Wildman–Crippen LogP) is 5.08. The Bertz CT molecular complexity index is 744. The monoisotopic (exact) mass is 462 g/mol. The first kappa shape index (κ1) is 25.7. The molecule has 4 rings (SSSR count). The summed E-state index contributed by atoms with van der Waals surface area (Å²) in [5, 5.41) is 44.8. The van der Waals surface area contributed by atoms with Gasteiger partial charge in [0.1, 0.15) is 0 Å². The number of aliphatic hydroxyl groups excluding tert-OH is 3. The van der Waals surface area contributed by atoms with Gasteiger partial charge in [0.15, 0.2) is 0 Å². The zero-order valence-corrected chi connectivity index (χ0v) is 21.9. The highest BCUT2D eigenvalue weighted by Gasteiger charge is 2.65. The van der Waals surface area contributed by atoms with Crippen LogP contribution in [-0.2, 0) is 0 Å². The molecule has 0 saturated heterocycles. The third-order valence-electron chi connectivity index (χ3n) is 11.3. The van der Waals surface area contributed by atoms with E-state index in [1.54, 1.807) is 0 Å². The van der Waals surface area contributed by atoms with Gasteiger partial charge in [0, 0.05) is 5.92 Å². The van der Waals surface area contributed by atoms with E-state index in [-0.39, 0.29) is 34.7 Å². The van der Waals surface area contributed by atoms with E-state index in [0.717, 1.165) is 44.9 Å². The standard InChI is InChI=1S/C29H50O4/c1-7-18(17(2)3)8-13-29(6,33)26-24(32)16-22-25-21(10-12-28(22,26)5)27(4)11-9-20(30)14-19(27)15-23(25)31/h15,17-18,20-26,30-33H,7-14,16H2,1-6H3/t18-,20+,21+,22+,23-,24+,25-,26+,27+,28+,29+/m1/s1. The van der Waals surface area contributed by atoms with Gasteiger partial charge >= 0.3 is 0 Å². The van der Waals surface area contributed by atoms with Gasteiger partial charge in [-0.2, -0.15) is 0 Å². The van der Waals surface area contributed by atoms with Gasteiger partial charge in [-0.3, -0.25) is 0 Å². The van der Waals surface area contributed by atoms with E-state index in [2.05, 4.69) is 40.7 Å². The topological polar surface area (TPSA) is 80.9 Å². The zero-order valence-electron chi connectivity index (χ0n) is 21.9. The fourth-order valence-corrected chi connectivity index (χ4v) is 9.41. The third kappa shape index (κ3) is 4.15. The van der Waals surface area contributed by atoms with Crippen LogP contribution in [0.15, 0.2) is 11.6 Å². The summed E-state index contributed by atoms with van der Waals surface area (Å²) in [4.78, 5) is 0. The molecular formula is C29H50O4. The Morgan fingerprint density at radius 1 is 1.09 bits per heavy atom. The summed E-state index contributed by atoms with van der Waals surface area (Å²) in [6, 6.07) is 0. The van der Waals surface area contributed by atoms with Gasteiger partial charge in [-0.1, -0.05) is 52.7 Å². The molecule has 0 aromatic carbocycles. The lowest BCUT2D eigenvalue weighted by molar-refractivity contribution is -0.137. The molecule has 0 radical (unpaired) electrons. The molecule has 0 spiro atoms. The van der Waals surface area contributed by atoms with E-state index in [9.17, 15) is 20.4 Å². The van der Waals surface area contributed by atoms with Crippen LogP contribution in [0.3, 0.4) is 0 Å². The first-order valence-corrected chi connectivity index (χ1v) is 13.8. The molecule has 190 valence electrons. The van der Waals surface area contributed by atoms with Crippen molar-refractivity contribution < 1.29 is 20.4 Å². The summed E-state index contributed by atoms with van der Waals surface area (Å²) < 4.78 is 0. The zero-order chi connectivity index (χ0) is 24.3. The fourth-order valence-electron chi connectivity index (χ4n) is 9.41. The summed E-state index contributed by atoms with van der Waals surface area (Å²) in [5.41, 5.74) is 0.222. The minimum absolute atomic E-state index is 0.0433. The molecule has 0 unspecified atom stereocenters. The van der Waals surface area contributed by atoms with E-state index < -0.39 is 17.8 Å². The van der Waals surface area contributed by atoms with Crippen LogP contribution in [0, 0.1) is 46.3 Å². The van der Waals surface area contributed by atoms with Crippen LogP contribution in [0.4, 0.5) is 0 Å². The van der Waals surface area contributed by atoms with Crippen LogP contribution < -0.4 is 0 Å². The molecule has 0 aliphatic heterocycles. The van der Waals surface area contributed by atoms with Crippen LogP contribution in [0.25, 0.3) is 0 Å². The van der Waals surface area contributed by atoms with Crippen molar-refractivity contribution in [3.05, 3.63) is 11.6 Å². The maximum Gasteiger partial charge on any atom is 0.0757 e. The van der Waals surface area contributed by atoms with Crippen molar-refractivity contribution in [2.75, 3.05) is 0 Å². The molecule has 4 aliphatic carbocycles. The minimum Gasteiger partial charge on any atom is -0.393 e. The maximum absolute atomic E-state index is 11.8. The second-order valence-electron chi connectivity index (χ2n) is 13.4. The Labute approximate surface area is 201 Å². The van der Waals surface area contributed by atoms with Crippen molar-refractivity contribution in [3.8, 4) is 0 Å². The molecule has 3 saturated carbocycles. The average Bonchev–Trinajstić information content (AvgIpc) is 3.00. The van der Waals surface area contributed by atoms with Crippen molar-refractivity contribution in [3.63, 3.8) is 0 Å². The highest BCUT2D eigenvalue weighted by Crippen LogP contribution is 2.67. The normalized spacial score (nSPS) is 47.8. The minimum atomic E-state index is -0.905. The van der Waals surface area contributed by atoms with E-state index in [1.807, 2.05) is 6.92 Å². The lowest BCUT2D eigenvalue weighted by Crippen LogP contribution is -2.56. The largest absolute Gasteiger partial charge is 0.393 e. The Morgan fingerprint density at radius 3 is 2.42 bits per heavy atom. The molecule has 33 heavy (non-hydrogen) atoms. The fraction of sp³-hybridized carbons (Fsp3) is 0.931. The molecule has 0 amide bonds. The molecule has 0 aromatic heterocycles. The highest BCUT2D eigenvalue weighted by atomic mass is 16.3. The van der Waals surface area contributed by atoms with Crippen LogP contribution in [-0.4, -0.2) is 44.3 Å². The number of hydrogen-bond acceptors (Lipinski definition) is 4. The Balaban J connectivity index is 1.60. The molecule has 0 aromatic rings. The van der Waals surface area contributed by atoms with Gasteiger partial charge in [0.05, 0.1) is 23.9 Å². The van der Waals surface area contributed by atoms with Gasteiger partial charge < -0.3 is 20.4 Å². The van der Waals surface area contributed by atoms with Gasteiger partial charge in [-0.05, 0) is 98.7 Å². The highest BCUT2D eigenvalue weighted by molar-refractivity contribution is 5.28. The van der Waals surface area contributed by atoms with E-state index in [1.165, 1.54) is 5.57 Å². The lowest BCUT2D eigenvalue weighted by atomic mass is 9.46. The van der Waals surface area contributed by atoms with E-state index in [0.29, 0.717) is 30.6 Å².